The molecule has 0 aliphatic heterocycles. The standard InChI is InChI=1S/C11H16ClN3O3S/c12-6-5-9-1-3-10(4-2-9)19(17,18)15-8-7-14-11(13)16/h1-4,15H,5-8H2,(H3,13,14,16). The summed E-state index contributed by atoms with van der Waals surface area (Å²) >= 11 is 5.60. The van der Waals surface area contributed by atoms with E-state index in [9.17, 15) is 13.2 Å². The topological polar surface area (TPSA) is 101 Å². The molecule has 0 radical (unpaired) electrons. The Balaban J connectivity index is 2.59. The summed E-state index contributed by atoms with van der Waals surface area (Å²) in [6.45, 7) is 0.216. The van der Waals surface area contributed by atoms with Crippen molar-refractivity contribution < 1.29 is 13.2 Å². The first-order chi connectivity index (χ1) is 8.95. The van der Waals surface area contributed by atoms with E-state index in [4.69, 9.17) is 17.3 Å². The Labute approximate surface area is 117 Å². The van der Waals surface area contributed by atoms with Crippen LogP contribution < -0.4 is 15.8 Å². The Morgan fingerprint density at radius 3 is 2.37 bits per heavy atom. The molecule has 1 aromatic carbocycles. The molecule has 0 saturated carbocycles. The largest absolute Gasteiger partial charge is 0.352 e. The average Bonchev–Trinajstić information content (AvgIpc) is 2.36. The van der Waals surface area contributed by atoms with E-state index in [-0.39, 0.29) is 18.0 Å². The minimum absolute atomic E-state index is 0.0781. The number of hydrogen-bond acceptors (Lipinski definition) is 3. The molecule has 0 heterocycles. The van der Waals surface area contributed by atoms with E-state index in [1.54, 1.807) is 12.1 Å². The Bertz CT molecular complexity index is 516. The zero-order valence-corrected chi connectivity index (χ0v) is 11.8. The second-order valence-electron chi connectivity index (χ2n) is 3.77. The average molecular weight is 306 g/mol. The summed E-state index contributed by atoms with van der Waals surface area (Å²) in [6, 6.07) is 5.79. The van der Waals surface area contributed by atoms with Crippen LogP contribution in [0.1, 0.15) is 5.56 Å². The highest BCUT2D eigenvalue weighted by Gasteiger charge is 2.12. The van der Waals surface area contributed by atoms with Gasteiger partial charge in [-0.25, -0.2) is 17.9 Å². The molecule has 106 valence electrons. The van der Waals surface area contributed by atoms with E-state index in [1.807, 2.05) is 0 Å². The second-order valence-corrected chi connectivity index (χ2v) is 5.92. The lowest BCUT2D eigenvalue weighted by Gasteiger charge is -2.07. The number of nitrogens with one attached hydrogen (secondary N) is 2. The normalized spacial score (nSPS) is 11.2. The Morgan fingerprint density at radius 1 is 1.21 bits per heavy atom. The maximum Gasteiger partial charge on any atom is 0.312 e. The first-order valence-corrected chi connectivity index (χ1v) is 7.65. The van der Waals surface area contributed by atoms with Gasteiger partial charge in [0.15, 0.2) is 0 Å². The van der Waals surface area contributed by atoms with E-state index < -0.39 is 16.1 Å². The highest BCUT2D eigenvalue weighted by molar-refractivity contribution is 7.89. The van der Waals surface area contributed by atoms with Crippen molar-refractivity contribution in [1.82, 2.24) is 10.0 Å². The lowest BCUT2D eigenvalue weighted by molar-refractivity contribution is 0.249. The van der Waals surface area contributed by atoms with E-state index in [2.05, 4.69) is 10.0 Å². The number of primary amides is 1. The van der Waals surface area contributed by atoms with Gasteiger partial charge in [0.2, 0.25) is 10.0 Å². The fourth-order valence-corrected chi connectivity index (χ4v) is 2.65. The molecule has 8 heteroatoms. The highest BCUT2D eigenvalue weighted by Crippen LogP contribution is 2.11. The maximum absolute atomic E-state index is 11.9. The number of benzene rings is 1. The van der Waals surface area contributed by atoms with Crippen molar-refractivity contribution in [3.63, 3.8) is 0 Å². The highest BCUT2D eigenvalue weighted by atomic mass is 35.5. The number of halogens is 1. The fourth-order valence-electron chi connectivity index (χ4n) is 1.40. The second kappa shape index (κ2) is 7.32. The van der Waals surface area contributed by atoms with Crippen LogP contribution in [0.3, 0.4) is 0 Å². The van der Waals surface area contributed by atoms with Gasteiger partial charge in [-0.05, 0) is 24.1 Å². The van der Waals surface area contributed by atoms with Gasteiger partial charge in [-0.15, -0.1) is 11.6 Å². The fraction of sp³-hybridized carbons (Fsp3) is 0.364. The summed E-state index contributed by atoms with van der Waals surface area (Å²) in [5, 5.41) is 2.29. The van der Waals surface area contributed by atoms with Crippen molar-refractivity contribution in [3.05, 3.63) is 29.8 Å². The number of amides is 2. The lowest BCUT2D eigenvalue weighted by Crippen LogP contribution is -2.37. The molecule has 0 spiro atoms. The van der Waals surface area contributed by atoms with Gasteiger partial charge in [-0.3, -0.25) is 0 Å². The van der Waals surface area contributed by atoms with Crippen molar-refractivity contribution >= 4 is 27.7 Å². The van der Waals surface area contributed by atoms with Gasteiger partial charge in [0.1, 0.15) is 0 Å². The maximum atomic E-state index is 11.9. The summed E-state index contributed by atoms with van der Waals surface area (Å²) in [5.41, 5.74) is 5.84. The number of hydrogen-bond donors (Lipinski definition) is 3. The molecule has 0 aliphatic carbocycles. The summed E-state index contributed by atoms with van der Waals surface area (Å²) < 4.78 is 26.1. The van der Waals surface area contributed by atoms with Crippen LogP contribution in [0.15, 0.2) is 29.2 Å². The molecule has 0 saturated heterocycles. The number of carbonyl (C=O) groups excluding carboxylic acids is 1. The molecule has 0 bridgehead atoms. The van der Waals surface area contributed by atoms with Crippen LogP contribution in [0.2, 0.25) is 0 Å². The van der Waals surface area contributed by atoms with Gasteiger partial charge in [0.05, 0.1) is 4.90 Å². The van der Waals surface area contributed by atoms with Crippen molar-refractivity contribution in [3.8, 4) is 0 Å². The molecule has 0 atom stereocenters. The van der Waals surface area contributed by atoms with E-state index in [1.165, 1.54) is 12.1 Å². The van der Waals surface area contributed by atoms with Crippen LogP contribution in [0, 0.1) is 0 Å². The van der Waals surface area contributed by atoms with Crippen molar-refractivity contribution in [2.24, 2.45) is 5.73 Å². The molecule has 1 aromatic rings. The van der Waals surface area contributed by atoms with Crippen molar-refractivity contribution in [1.29, 1.82) is 0 Å². The Kier molecular flexibility index (Phi) is 6.07. The van der Waals surface area contributed by atoms with Gasteiger partial charge in [0, 0.05) is 19.0 Å². The zero-order chi connectivity index (χ0) is 14.3. The third-order valence-corrected chi connectivity index (χ3v) is 4.00. The number of sulfonamides is 1. The number of aryl methyl sites for hydroxylation is 1. The number of urea groups is 1. The summed E-state index contributed by atoms with van der Waals surface area (Å²) in [7, 11) is -3.57. The molecule has 0 aromatic heterocycles. The number of alkyl halides is 1. The molecule has 0 aliphatic rings. The van der Waals surface area contributed by atoms with Crippen LogP contribution in [0.25, 0.3) is 0 Å². The minimum Gasteiger partial charge on any atom is -0.352 e. The van der Waals surface area contributed by atoms with Gasteiger partial charge in [-0.2, -0.15) is 0 Å². The predicted molar refractivity (Wildman–Crippen MR) is 73.6 cm³/mol. The van der Waals surface area contributed by atoms with Gasteiger partial charge < -0.3 is 11.1 Å². The Hall–Kier alpha value is -1.31. The Morgan fingerprint density at radius 2 is 1.84 bits per heavy atom. The number of rotatable bonds is 7. The van der Waals surface area contributed by atoms with Crippen molar-refractivity contribution in [2.45, 2.75) is 11.3 Å². The van der Waals surface area contributed by atoms with Crippen LogP contribution in [-0.2, 0) is 16.4 Å². The van der Waals surface area contributed by atoms with Crippen LogP contribution in [-0.4, -0.2) is 33.4 Å². The summed E-state index contributed by atoms with van der Waals surface area (Å²) in [5.74, 6) is 0.489. The molecule has 19 heavy (non-hydrogen) atoms. The molecule has 4 N–H and O–H groups in total. The molecule has 1 rings (SSSR count). The predicted octanol–water partition coefficient (Wildman–Crippen LogP) is 0.415. The van der Waals surface area contributed by atoms with Crippen LogP contribution in [0.5, 0.6) is 0 Å². The third kappa shape index (κ3) is 5.46. The number of carbonyl (C=O) groups is 1. The smallest absolute Gasteiger partial charge is 0.312 e. The van der Waals surface area contributed by atoms with E-state index in [0.717, 1.165) is 5.56 Å². The molecular weight excluding hydrogens is 290 g/mol. The van der Waals surface area contributed by atoms with Crippen LogP contribution in [0.4, 0.5) is 4.79 Å². The lowest BCUT2D eigenvalue weighted by atomic mass is 10.2. The third-order valence-electron chi connectivity index (χ3n) is 2.33. The quantitative estimate of drug-likeness (QED) is 0.502. The first-order valence-electron chi connectivity index (χ1n) is 5.63. The molecule has 0 unspecified atom stereocenters. The van der Waals surface area contributed by atoms with E-state index in [0.29, 0.717) is 12.3 Å². The van der Waals surface area contributed by atoms with Crippen molar-refractivity contribution in [2.75, 3.05) is 19.0 Å². The molecular formula is C11H16ClN3O3S. The van der Waals surface area contributed by atoms with Gasteiger partial charge in [-0.1, -0.05) is 12.1 Å². The zero-order valence-electron chi connectivity index (χ0n) is 10.2. The van der Waals surface area contributed by atoms with E-state index >= 15 is 0 Å². The van der Waals surface area contributed by atoms with Crippen LogP contribution >= 0.6 is 11.6 Å². The molecule has 0 fully saturated rings. The molecule has 6 nitrogen and oxygen atoms in total. The summed E-state index contributed by atoms with van der Waals surface area (Å²) in [4.78, 5) is 10.6. The monoisotopic (exact) mass is 305 g/mol. The number of nitrogens with two attached hydrogens (primary N) is 1. The first kappa shape index (κ1) is 15.7. The summed E-state index contributed by atoms with van der Waals surface area (Å²) in [6.07, 6.45) is 0.692. The molecule has 2 amide bonds. The SMILES string of the molecule is NC(=O)NCCNS(=O)(=O)c1ccc(CCCl)cc1. The van der Waals surface area contributed by atoms with Gasteiger partial charge >= 0.3 is 6.03 Å². The minimum atomic E-state index is -3.57. The van der Waals surface area contributed by atoms with Gasteiger partial charge in [0.25, 0.3) is 0 Å².